The highest BCUT2D eigenvalue weighted by molar-refractivity contribution is 5.91. The molecule has 1 N–H and O–H groups in total. The maximum absolute atomic E-state index is 14.2. The summed E-state index contributed by atoms with van der Waals surface area (Å²) in [6, 6.07) is 12.7. The van der Waals surface area contributed by atoms with Crippen LogP contribution in [0.25, 0.3) is 11.1 Å². The van der Waals surface area contributed by atoms with Gasteiger partial charge in [-0.25, -0.2) is 4.39 Å². The van der Waals surface area contributed by atoms with Crippen molar-refractivity contribution >= 4 is 5.78 Å². The first-order valence-electron chi connectivity index (χ1n) is 8.86. The number of hydrogen-bond donors (Lipinski definition) is 1. The molecular formula is C22H23FO3. The van der Waals surface area contributed by atoms with Crippen LogP contribution in [0.5, 0.6) is 5.75 Å². The summed E-state index contributed by atoms with van der Waals surface area (Å²) in [6.45, 7) is 3.44. The van der Waals surface area contributed by atoms with Crippen LogP contribution in [0, 0.1) is 5.82 Å². The van der Waals surface area contributed by atoms with Gasteiger partial charge in [-0.15, -0.1) is 0 Å². The van der Waals surface area contributed by atoms with Crippen molar-refractivity contribution < 1.29 is 19.0 Å². The number of benzene rings is 2. The molecule has 136 valence electrons. The Kier molecular flexibility index (Phi) is 5.52. The fraction of sp³-hybridized carbons (Fsp3) is 0.318. The van der Waals surface area contributed by atoms with Gasteiger partial charge < -0.3 is 9.84 Å². The third-order valence-electron chi connectivity index (χ3n) is 4.54. The van der Waals surface area contributed by atoms with Crippen LogP contribution in [0.1, 0.15) is 38.2 Å². The Morgan fingerprint density at radius 2 is 1.92 bits per heavy atom. The van der Waals surface area contributed by atoms with Gasteiger partial charge in [0.15, 0.2) is 5.78 Å². The highest BCUT2D eigenvalue weighted by atomic mass is 19.1. The smallest absolute Gasteiger partial charge is 0.180 e. The molecule has 0 radical (unpaired) electrons. The number of aliphatic hydroxyl groups excluding tert-OH is 1. The molecule has 26 heavy (non-hydrogen) atoms. The minimum Gasteiger partial charge on any atom is -0.491 e. The third-order valence-corrected chi connectivity index (χ3v) is 4.54. The fourth-order valence-electron chi connectivity index (χ4n) is 3.21. The van der Waals surface area contributed by atoms with Gasteiger partial charge in [0.25, 0.3) is 0 Å². The molecule has 0 aromatic heterocycles. The van der Waals surface area contributed by atoms with Crippen LogP contribution in [-0.2, 0) is 4.79 Å². The Labute approximate surface area is 153 Å². The number of allylic oxidation sites excluding steroid dienone is 1. The number of ether oxygens (including phenoxy) is 1. The van der Waals surface area contributed by atoms with Gasteiger partial charge in [-0.1, -0.05) is 29.8 Å². The average Bonchev–Trinajstić information content (AvgIpc) is 2.59. The van der Waals surface area contributed by atoms with Crippen molar-refractivity contribution in [3.05, 3.63) is 65.5 Å². The summed E-state index contributed by atoms with van der Waals surface area (Å²) >= 11 is 0. The number of aliphatic hydroxyl groups is 1. The van der Waals surface area contributed by atoms with Crippen molar-refractivity contribution in [3.8, 4) is 16.9 Å². The number of halogens is 1. The minimum absolute atomic E-state index is 0.0364. The van der Waals surface area contributed by atoms with Gasteiger partial charge in [0.2, 0.25) is 0 Å². The second kappa shape index (κ2) is 7.83. The zero-order valence-electron chi connectivity index (χ0n) is 15.0. The monoisotopic (exact) mass is 354 g/mol. The van der Waals surface area contributed by atoms with Gasteiger partial charge in [0.05, 0.1) is 6.10 Å². The van der Waals surface area contributed by atoms with E-state index in [0.717, 1.165) is 24.0 Å². The van der Waals surface area contributed by atoms with Crippen molar-refractivity contribution in [2.75, 3.05) is 6.61 Å². The molecule has 0 heterocycles. The topological polar surface area (TPSA) is 46.5 Å². The Bertz CT molecular complexity index is 814. The van der Waals surface area contributed by atoms with E-state index in [1.165, 1.54) is 11.6 Å². The molecule has 0 unspecified atom stereocenters. The molecule has 2 aromatic carbocycles. The van der Waals surface area contributed by atoms with Crippen molar-refractivity contribution in [2.45, 2.75) is 38.7 Å². The number of carbonyl (C=O) groups is 1. The molecule has 2 aromatic rings. The Balaban J connectivity index is 1.73. The van der Waals surface area contributed by atoms with E-state index < -0.39 is 6.61 Å². The molecule has 3 rings (SSSR count). The number of rotatable bonds is 6. The summed E-state index contributed by atoms with van der Waals surface area (Å²) < 4.78 is 19.9. The Morgan fingerprint density at radius 3 is 2.54 bits per heavy atom. The molecule has 0 aliphatic heterocycles. The van der Waals surface area contributed by atoms with E-state index in [-0.39, 0.29) is 17.7 Å². The molecule has 0 amide bonds. The van der Waals surface area contributed by atoms with Crippen LogP contribution in [0.4, 0.5) is 4.39 Å². The summed E-state index contributed by atoms with van der Waals surface area (Å²) in [6.07, 6.45) is 3.24. The van der Waals surface area contributed by atoms with E-state index in [0.29, 0.717) is 17.2 Å². The van der Waals surface area contributed by atoms with Crippen LogP contribution in [0.15, 0.2) is 54.1 Å². The van der Waals surface area contributed by atoms with E-state index >= 15 is 0 Å². The Morgan fingerprint density at radius 1 is 1.23 bits per heavy atom. The maximum atomic E-state index is 14.2. The van der Waals surface area contributed by atoms with E-state index in [2.05, 4.69) is 0 Å². The molecule has 1 aliphatic rings. The van der Waals surface area contributed by atoms with Crippen LogP contribution >= 0.6 is 0 Å². The minimum atomic E-state index is -0.436. The predicted octanol–water partition coefficient (Wildman–Crippen LogP) is 4.65. The molecular weight excluding hydrogens is 331 g/mol. The predicted molar refractivity (Wildman–Crippen MR) is 99.8 cm³/mol. The van der Waals surface area contributed by atoms with Crippen LogP contribution in [0.3, 0.4) is 0 Å². The van der Waals surface area contributed by atoms with Gasteiger partial charge >= 0.3 is 0 Å². The van der Waals surface area contributed by atoms with Crippen molar-refractivity contribution in [3.63, 3.8) is 0 Å². The zero-order chi connectivity index (χ0) is 18.7. The quantitative estimate of drug-likeness (QED) is 0.769. The Hall–Kier alpha value is -2.46. The lowest BCUT2D eigenvalue weighted by Crippen LogP contribution is -2.14. The molecule has 1 saturated carbocycles. The molecule has 1 fully saturated rings. The van der Waals surface area contributed by atoms with Crippen LogP contribution < -0.4 is 4.74 Å². The average molecular weight is 354 g/mol. The van der Waals surface area contributed by atoms with Gasteiger partial charge in [-0.2, -0.15) is 0 Å². The SMILES string of the molecule is CC(C)Oc1ccc(F)c(-c2ccc(C3CC(=CC(=O)CO)C3)cc2)c1. The summed E-state index contributed by atoms with van der Waals surface area (Å²) in [5.41, 5.74) is 3.59. The number of ketones is 1. The third kappa shape index (κ3) is 4.20. The highest BCUT2D eigenvalue weighted by Gasteiger charge is 2.25. The van der Waals surface area contributed by atoms with E-state index in [1.54, 1.807) is 18.2 Å². The van der Waals surface area contributed by atoms with Crippen molar-refractivity contribution in [2.24, 2.45) is 0 Å². The second-order valence-electron chi connectivity index (χ2n) is 6.96. The molecule has 0 bridgehead atoms. The fourth-order valence-corrected chi connectivity index (χ4v) is 3.21. The zero-order valence-corrected chi connectivity index (χ0v) is 15.0. The van der Waals surface area contributed by atoms with Gasteiger partial charge in [-0.3, -0.25) is 4.79 Å². The lowest BCUT2D eigenvalue weighted by molar-refractivity contribution is -0.117. The highest BCUT2D eigenvalue weighted by Crippen LogP contribution is 2.41. The number of hydrogen-bond acceptors (Lipinski definition) is 3. The van der Waals surface area contributed by atoms with Gasteiger partial charge in [0, 0.05) is 5.56 Å². The van der Waals surface area contributed by atoms with Crippen LogP contribution in [-0.4, -0.2) is 23.6 Å². The van der Waals surface area contributed by atoms with Crippen molar-refractivity contribution in [1.29, 1.82) is 0 Å². The van der Waals surface area contributed by atoms with Crippen LogP contribution in [0.2, 0.25) is 0 Å². The summed E-state index contributed by atoms with van der Waals surface area (Å²) in [5.74, 6) is 0.517. The standard InChI is InChI=1S/C22H23FO3/c1-14(2)26-20-7-8-22(23)21(12-20)17-5-3-16(4-6-17)18-9-15(10-18)11-19(25)13-24/h3-8,11-12,14,18,24H,9-10,13H2,1-2H3. The molecule has 0 saturated heterocycles. The lowest BCUT2D eigenvalue weighted by Gasteiger charge is -2.29. The molecule has 1 aliphatic carbocycles. The maximum Gasteiger partial charge on any atom is 0.180 e. The lowest BCUT2D eigenvalue weighted by atomic mass is 9.75. The van der Waals surface area contributed by atoms with E-state index in [1.807, 2.05) is 38.1 Å². The molecule has 0 spiro atoms. The normalized spacial score (nSPS) is 16.3. The molecule has 4 heteroatoms. The second-order valence-corrected chi connectivity index (χ2v) is 6.96. The molecule has 3 nitrogen and oxygen atoms in total. The largest absolute Gasteiger partial charge is 0.491 e. The first kappa shape index (κ1) is 18.3. The van der Waals surface area contributed by atoms with Gasteiger partial charge in [0.1, 0.15) is 18.2 Å². The first-order chi connectivity index (χ1) is 12.5. The molecule has 0 atom stereocenters. The number of carbonyl (C=O) groups excluding carboxylic acids is 1. The summed E-state index contributed by atoms with van der Waals surface area (Å²) in [4.78, 5) is 11.2. The van der Waals surface area contributed by atoms with Crippen molar-refractivity contribution in [1.82, 2.24) is 0 Å². The first-order valence-corrected chi connectivity index (χ1v) is 8.86. The summed E-state index contributed by atoms with van der Waals surface area (Å²) in [7, 11) is 0. The van der Waals surface area contributed by atoms with E-state index in [9.17, 15) is 9.18 Å². The van der Waals surface area contributed by atoms with E-state index in [4.69, 9.17) is 9.84 Å². The summed E-state index contributed by atoms with van der Waals surface area (Å²) in [5, 5.41) is 8.78. The van der Waals surface area contributed by atoms with Gasteiger partial charge in [-0.05, 0) is 68.0 Å².